The summed E-state index contributed by atoms with van der Waals surface area (Å²) in [6.45, 7) is 3.67. The van der Waals surface area contributed by atoms with E-state index >= 15 is 0 Å². The van der Waals surface area contributed by atoms with Crippen molar-refractivity contribution < 1.29 is 13.9 Å². The standard InChI is InChI=1S/C23H28N2O3/c1-15-4-2-3-5-20(15)17-12-19(13-17)25(18-6-7-18)23(26)21-14-28-22(24-21)16-8-10-27-11-9-16/h2-5,14,16-19H,6-13H2,1H3. The maximum absolute atomic E-state index is 13.2. The molecule has 0 atom stereocenters. The van der Waals surface area contributed by atoms with Crippen molar-refractivity contribution in [2.45, 2.75) is 69.4 Å². The molecule has 28 heavy (non-hydrogen) atoms. The largest absolute Gasteiger partial charge is 0.448 e. The lowest BCUT2D eigenvalue weighted by Gasteiger charge is -2.43. The highest BCUT2D eigenvalue weighted by atomic mass is 16.5. The van der Waals surface area contributed by atoms with Crippen LogP contribution in [0.1, 0.15) is 77.9 Å². The molecular formula is C23H28N2O3. The Hall–Kier alpha value is -2.14. The number of hydrogen-bond donors (Lipinski definition) is 0. The van der Waals surface area contributed by atoms with Crippen LogP contribution in [0.5, 0.6) is 0 Å². The number of carbonyl (C=O) groups excluding carboxylic acids is 1. The average molecular weight is 380 g/mol. The van der Waals surface area contributed by atoms with Gasteiger partial charge < -0.3 is 14.1 Å². The summed E-state index contributed by atoms with van der Waals surface area (Å²) in [6, 6.07) is 9.34. The topological polar surface area (TPSA) is 55.6 Å². The number of ether oxygens (including phenoxy) is 1. The van der Waals surface area contributed by atoms with Crippen LogP contribution in [0.3, 0.4) is 0 Å². The molecule has 0 unspecified atom stereocenters. The van der Waals surface area contributed by atoms with Gasteiger partial charge in [0.15, 0.2) is 11.6 Å². The second-order valence-corrected chi connectivity index (χ2v) is 8.58. The molecule has 1 aromatic carbocycles. The molecule has 5 rings (SSSR count). The van der Waals surface area contributed by atoms with Crippen LogP contribution in [-0.4, -0.2) is 41.1 Å². The third-order valence-corrected chi connectivity index (χ3v) is 6.62. The fourth-order valence-corrected chi connectivity index (χ4v) is 4.75. The van der Waals surface area contributed by atoms with Gasteiger partial charge in [-0.25, -0.2) is 4.98 Å². The fraction of sp³-hybridized carbons (Fsp3) is 0.565. The van der Waals surface area contributed by atoms with Crippen molar-refractivity contribution in [1.29, 1.82) is 0 Å². The van der Waals surface area contributed by atoms with E-state index in [0.717, 1.165) is 51.7 Å². The van der Waals surface area contributed by atoms with E-state index in [2.05, 4.69) is 41.1 Å². The lowest BCUT2D eigenvalue weighted by molar-refractivity contribution is 0.0510. The summed E-state index contributed by atoms with van der Waals surface area (Å²) in [7, 11) is 0. The van der Waals surface area contributed by atoms with Crippen LogP contribution in [0.4, 0.5) is 0 Å². The molecule has 2 saturated carbocycles. The number of carbonyl (C=O) groups is 1. The van der Waals surface area contributed by atoms with Gasteiger partial charge in [0.25, 0.3) is 5.91 Å². The van der Waals surface area contributed by atoms with Gasteiger partial charge in [0.1, 0.15) is 6.26 Å². The summed E-state index contributed by atoms with van der Waals surface area (Å²) in [4.78, 5) is 19.9. The first kappa shape index (κ1) is 17.9. The van der Waals surface area contributed by atoms with Crippen molar-refractivity contribution in [3.63, 3.8) is 0 Å². The zero-order valence-electron chi connectivity index (χ0n) is 16.5. The highest BCUT2D eigenvalue weighted by Gasteiger charge is 2.44. The summed E-state index contributed by atoms with van der Waals surface area (Å²) < 4.78 is 11.1. The lowest BCUT2D eigenvalue weighted by atomic mass is 9.73. The Balaban J connectivity index is 1.28. The molecule has 1 saturated heterocycles. The molecule has 0 spiro atoms. The summed E-state index contributed by atoms with van der Waals surface area (Å²) >= 11 is 0. The van der Waals surface area contributed by atoms with Crippen LogP contribution in [0.2, 0.25) is 0 Å². The van der Waals surface area contributed by atoms with E-state index in [1.165, 1.54) is 11.1 Å². The Morgan fingerprint density at radius 1 is 1.04 bits per heavy atom. The van der Waals surface area contributed by atoms with Crippen molar-refractivity contribution in [3.8, 4) is 0 Å². The first-order chi connectivity index (χ1) is 13.7. The molecule has 0 radical (unpaired) electrons. The SMILES string of the molecule is Cc1ccccc1C1CC(N(C(=O)c2coc(C3CCOCC3)n2)C2CC2)C1. The van der Waals surface area contributed by atoms with Crippen molar-refractivity contribution in [2.24, 2.45) is 0 Å². The molecule has 1 aliphatic heterocycles. The predicted octanol–water partition coefficient (Wildman–Crippen LogP) is 4.43. The number of hydrogen-bond acceptors (Lipinski definition) is 4. The molecule has 2 aliphatic carbocycles. The molecule has 148 valence electrons. The molecule has 3 aliphatic rings. The zero-order chi connectivity index (χ0) is 19.1. The first-order valence-corrected chi connectivity index (χ1v) is 10.6. The van der Waals surface area contributed by atoms with E-state index in [9.17, 15) is 4.79 Å². The van der Waals surface area contributed by atoms with Crippen LogP contribution in [0.15, 0.2) is 34.9 Å². The minimum Gasteiger partial charge on any atom is -0.448 e. The van der Waals surface area contributed by atoms with Crippen molar-refractivity contribution in [3.05, 3.63) is 53.2 Å². The van der Waals surface area contributed by atoms with Gasteiger partial charge in [-0.2, -0.15) is 0 Å². The Morgan fingerprint density at radius 2 is 1.79 bits per heavy atom. The maximum atomic E-state index is 13.2. The van der Waals surface area contributed by atoms with Gasteiger partial charge in [0, 0.05) is 31.2 Å². The summed E-state index contributed by atoms with van der Waals surface area (Å²) in [5.74, 6) is 1.60. The molecule has 3 fully saturated rings. The number of benzene rings is 1. The second-order valence-electron chi connectivity index (χ2n) is 8.58. The normalized spacial score (nSPS) is 25.3. The van der Waals surface area contributed by atoms with Gasteiger partial charge >= 0.3 is 0 Å². The van der Waals surface area contributed by atoms with Gasteiger partial charge in [-0.05, 0) is 62.5 Å². The smallest absolute Gasteiger partial charge is 0.276 e. The number of amides is 1. The highest BCUT2D eigenvalue weighted by Crippen LogP contribution is 2.45. The number of rotatable bonds is 5. The Bertz CT molecular complexity index is 845. The Labute approximate surface area is 166 Å². The van der Waals surface area contributed by atoms with E-state index in [1.54, 1.807) is 6.26 Å². The average Bonchev–Trinajstić information content (AvgIpc) is 3.40. The summed E-state index contributed by atoms with van der Waals surface area (Å²) in [5.41, 5.74) is 3.27. The molecule has 2 aromatic rings. The van der Waals surface area contributed by atoms with Gasteiger partial charge in [0.05, 0.1) is 0 Å². The highest BCUT2D eigenvalue weighted by molar-refractivity contribution is 5.92. The minimum absolute atomic E-state index is 0.0535. The molecule has 1 aromatic heterocycles. The van der Waals surface area contributed by atoms with Crippen LogP contribution in [0.25, 0.3) is 0 Å². The second kappa shape index (κ2) is 7.36. The third kappa shape index (κ3) is 3.37. The fourth-order valence-electron chi connectivity index (χ4n) is 4.75. The molecule has 1 amide bonds. The van der Waals surface area contributed by atoms with Crippen molar-refractivity contribution >= 4 is 5.91 Å². The van der Waals surface area contributed by atoms with Crippen LogP contribution >= 0.6 is 0 Å². The third-order valence-electron chi connectivity index (χ3n) is 6.62. The van der Waals surface area contributed by atoms with Crippen molar-refractivity contribution in [1.82, 2.24) is 9.88 Å². The molecule has 0 bridgehead atoms. The molecule has 5 nitrogen and oxygen atoms in total. The zero-order valence-corrected chi connectivity index (χ0v) is 16.5. The van der Waals surface area contributed by atoms with E-state index < -0.39 is 0 Å². The number of oxazole rings is 1. The Morgan fingerprint density at radius 3 is 2.50 bits per heavy atom. The molecule has 0 N–H and O–H groups in total. The van der Waals surface area contributed by atoms with E-state index in [0.29, 0.717) is 29.6 Å². The summed E-state index contributed by atoms with van der Waals surface area (Å²) in [5, 5.41) is 0. The van der Waals surface area contributed by atoms with Crippen molar-refractivity contribution in [2.75, 3.05) is 13.2 Å². The summed E-state index contributed by atoms with van der Waals surface area (Å²) in [6.07, 6.45) is 7.74. The van der Waals surface area contributed by atoms with Gasteiger partial charge in [-0.15, -0.1) is 0 Å². The van der Waals surface area contributed by atoms with Gasteiger partial charge in [-0.1, -0.05) is 24.3 Å². The van der Waals surface area contributed by atoms with E-state index in [1.807, 2.05) is 0 Å². The van der Waals surface area contributed by atoms with E-state index in [4.69, 9.17) is 9.15 Å². The minimum atomic E-state index is 0.0535. The molecular weight excluding hydrogens is 352 g/mol. The monoisotopic (exact) mass is 380 g/mol. The first-order valence-electron chi connectivity index (χ1n) is 10.6. The predicted molar refractivity (Wildman–Crippen MR) is 105 cm³/mol. The lowest BCUT2D eigenvalue weighted by Crippen LogP contribution is -2.48. The molecule has 5 heteroatoms. The number of nitrogens with zero attached hydrogens (tertiary/aromatic N) is 2. The molecule has 2 heterocycles. The van der Waals surface area contributed by atoms with Crippen LogP contribution in [-0.2, 0) is 4.74 Å². The van der Waals surface area contributed by atoms with Gasteiger partial charge in [-0.3, -0.25) is 4.79 Å². The number of aromatic nitrogens is 1. The van der Waals surface area contributed by atoms with Crippen LogP contribution in [0, 0.1) is 6.92 Å². The quantitative estimate of drug-likeness (QED) is 0.770. The van der Waals surface area contributed by atoms with Gasteiger partial charge in [0.2, 0.25) is 0 Å². The van der Waals surface area contributed by atoms with E-state index in [-0.39, 0.29) is 11.8 Å². The number of aryl methyl sites for hydroxylation is 1. The van der Waals surface area contributed by atoms with Crippen LogP contribution < -0.4 is 0 Å². The maximum Gasteiger partial charge on any atom is 0.276 e. The Kier molecular flexibility index (Phi) is 4.71.